The largest absolute Gasteiger partial charge is 0.303 e. The summed E-state index contributed by atoms with van der Waals surface area (Å²) in [5.74, 6) is 1.50. The molecule has 0 aliphatic heterocycles. The fourth-order valence-corrected chi connectivity index (χ4v) is 4.47. The first-order valence-corrected chi connectivity index (χ1v) is 9.90. The summed E-state index contributed by atoms with van der Waals surface area (Å²) in [5, 5.41) is 22.8. The van der Waals surface area contributed by atoms with Gasteiger partial charge in [0.15, 0.2) is 5.16 Å². The summed E-state index contributed by atoms with van der Waals surface area (Å²) >= 11 is 3.24. The number of nitro benzene ring substituents is 1. The summed E-state index contributed by atoms with van der Waals surface area (Å²) in [7, 11) is 0. The number of hydrogen-bond donors (Lipinski definition) is 0. The molecule has 0 saturated heterocycles. The topological polar surface area (TPSA) is 73.8 Å². The van der Waals surface area contributed by atoms with Gasteiger partial charge in [-0.15, -0.1) is 21.5 Å². The number of benzene rings is 1. The normalized spacial score (nSPS) is 13.9. The Kier molecular flexibility index (Phi) is 4.54. The smallest absolute Gasteiger partial charge is 0.273 e. The molecule has 2 heterocycles. The molecule has 128 valence electrons. The minimum absolute atomic E-state index is 0.159. The number of para-hydroxylation sites is 1. The molecule has 8 heteroatoms. The second-order valence-corrected chi connectivity index (χ2v) is 7.91. The Morgan fingerprint density at radius 3 is 2.80 bits per heavy atom. The van der Waals surface area contributed by atoms with Crippen LogP contribution in [-0.4, -0.2) is 19.7 Å². The first-order chi connectivity index (χ1) is 12.2. The lowest BCUT2D eigenvalue weighted by atomic mass is 10.2. The van der Waals surface area contributed by atoms with Crippen LogP contribution in [0, 0.1) is 10.1 Å². The molecule has 0 unspecified atom stereocenters. The lowest BCUT2D eigenvalue weighted by Gasteiger charge is -2.08. The van der Waals surface area contributed by atoms with Crippen LogP contribution in [0.15, 0.2) is 46.9 Å². The van der Waals surface area contributed by atoms with Crippen molar-refractivity contribution < 1.29 is 4.92 Å². The molecule has 0 radical (unpaired) electrons. The lowest BCUT2D eigenvalue weighted by molar-refractivity contribution is -0.385. The van der Waals surface area contributed by atoms with Crippen LogP contribution < -0.4 is 0 Å². The summed E-state index contributed by atoms with van der Waals surface area (Å²) in [5.41, 5.74) is 0.869. The molecule has 1 aliphatic carbocycles. The van der Waals surface area contributed by atoms with Gasteiger partial charge in [0.25, 0.3) is 5.69 Å². The second-order valence-electron chi connectivity index (χ2n) is 5.93. The average molecular weight is 372 g/mol. The molecule has 2 aromatic heterocycles. The monoisotopic (exact) mass is 372 g/mol. The highest BCUT2D eigenvalue weighted by atomic mass is 32.2. The Morgan fingerprint density at radius 2 is 2.08 bits per heavy atom. The molecule has 25 heavy (non-hydrogen) atoms. The van der Waals surface area contributed by atoms with E-state index in [1.165, 1.54) is 16.6 Å². The van der Waals surface area contributed by atoms with Crippen LogP contribution in [0.5, 0.6) is 0 Å². The van der Waals surface area contributed by atoms with Gasteiger partial charge < -0.3 is 4.57 Å². The maximum atomic E-state index is 11.2. The summed E-state index contributed by atoms with van der Waals surface area (Å²) in [6.07, 6.45) is 3.08. The standard InChI is InChI=1S/C17H16N4O2S2/c22-21(23)15-6-2-1-4-12(15)11-25-17-19-18-16(20(17)13-7-8-13)10-14-5-3-9-24-14/h1-6,9,13H,7-8,10-11H2. The van der Waals surface area contributed by atoms with Gasteiger partial charge in [0, 0.05) is 34.7 Å². The Labute approximate surface area is 153 Å². The van der Waals surface area contributed by atoms with Gasteiger partial charge in [-0.05, 0) is 24.3 Å². The highest BCUT2D eigenvalue weighted by Gasteiger charge is 2.30. The predicted octanol–water partition coefficient (Wildman–Crippen LogP) is 4.47. The molecule has 0 spiro atoms. The van der Waals surface area contributed by atoms with Gasteiger partial charge in [-0.25, -0.2) is 0 Å². The van der Waals surface area contributed by atoms with Gasteiger partial charge in [0.2, 0.25) is 0 Å². The summed E-state index contributed by atoms with van der Waals surface area (Å²) in [6, 6.07) is 11.5. The molecular weight excluding hydrogens is 356 g/mol. The minimum atomic E-state index is -0.330. The molecule has 6 nitrogen and oxygen atoms in total. The quantitative estimate of drug-likeness (QED) is 0.348. The SMILES string of the molecule is O=[N+]([O-])c1ccccc1CSc1nnc(Cc2cccs2)n1C1CC1. The molecular formula is C17H16N4O2S2. The van der Waals surface area contributed by atoms with E-state index in [0.717, 1.165) is 30.2 Å². The van der Waals surface area contributed by atoms with Gasteiger partial charge >= 0.3 is 0 Å². The number of rotatable bonds is 7. The highest BCUT2D eigenvalue weighted by molar-refractivity contribution is 7.98. The van der Waals surface area contributed by atoms with Crippen molar-refractivity contribution >= 4 is 28.8 Å². The van der Waals surface area contributed by atoms with E-state index in [0.29, 0.717) is 17.4 Å². The van der Waals surface area contributed by atoms with Crippen molar-refractivity contribution in [2.45, 2.75) is 36.2 Å². The van der Waals surface area contributed by atoms with Crippen molar-refractivity contribution in [3.05, 3.63) is 68.2 Å². The fourth-order valence-electron chi connectivity index (χ4n) is 2.75. The molecule has 1 fully saturated rings. The van der Waals surface area contributed by atoms with Gasteiger partial charge in [0.05, 0.1) is 4.92 Å². The minimum Gasteiger partial charge on any atom is -0.303 e. The van der Waals surface area contributed by atoms with E-state index < -0.39 is 0 Å². The first kappa shape index (κ1) is 16.3. The zero-order valence-electron chi connectivity index (χ0n) is 13.4. The number of nitro groups is 1. The van der Waals surface area contributed by atoms with Crippen molar-refractivity contribution in [3.63, 3.8) is 0 Å². The van der Waals surface area contributed by atoms with E-state index in [2.05, 4.69) is 26.2 Å². The third-order valence-corrected chi connectivity index (χ3v) is 5.97. The Hall–Kier alpha value is -2.19. The van der Waals surface area contributed by atoms with Crippen LogP contribution in [0.3, 0.4) is 0 Å². The van der Waals surface area contributed by atoms with Gasteiger partial charge in [-0.2, -0.15) is 0 Å². The highest BCUT2D eigenvalue weighted by Crippen LogP contribution is 2.40. The van der Waals surface area contributed by atoms with Crippen LogP contribution in [0.4, 0.5) is 5.69 Å². The molecule has 0 N–H and O–H groups in total. The lowest BCUT2D eigenvalue weighted by Crippen LogP contribution is -2.03. The van der Waals surface area contributed by atoms with Crippen molar-refractivity contribution in [2.75, 3.05) is 0 Å². The summed E-state index contributed by atoms with van der Waals surface area (Å²) in [4.78, 5) is 12.1. The van der Waals surface area contributed by atoms with E-state index >= 15 is 0 Å². The zero-order chi connectivity index (χ0) is 17.2. The number of thioether (sulfide) groups is 1. The molecule has 3 aromatic rings. The second kappa shape index (κ2) is 6.97. The molecule has 1 aromatic carbocycles. The molecule has 0 amide bonds. The number of aromatic nitrogens is 3. The van der Waals surface area contributed by atoms with E-state index in [-0.39, 0.29) is 10.6 Å². The first-order valence-electron chi connectivity index (χ1n) is 8.03. The summed E-state index contributed by atoms with van der Waals surface area (Å²) < 4.78 is 2.22. The molecule has 4 rings (SSSR count). The van der Waals surface area contributed by atoms with Crippen LogP contribution in [0.1, 0.15) is 35.1 Å². The molecule has 0 atom stereocenters. The fraction of sp³-hybridized carbons (Fsp3) is 0.294. The zero-order valence-corrected chi connectivity index (χ0v) is 15.0. The molecule has 0 bridgehead atoms. The Morgan fingerprint density at radius 1 is 1.24 bits per heavy atom. The van der Waals surface area contributed by atoms with Crippen molar-refractivity contribution in [1.82, 2.24) is 14.8 Å². The third-order valence-electron chi connectivity index (χ3n) is 4.10. The van der Waals surface area contributed by atoms with Crippen LogP contribution in [0.2, 0.25) is 0 Å². The van der Waals surface area contributed by atoms with E-state index in [4.69, 9.17) is 0 Å². The van der Waals surface area contributed by atoms with Crippen LogP contribution >= 0.6 is 23.1 Å². The average Bonchev–Trinajstić information content (AvgIpc) is 3.17. The maximum Gasteiger partial charge on any atom is 0.273 e. The van der Waals surface area contributed by atoms with Gasteiger partial charge in [-0.3, -0.25) is 10.1 Å². The molecule has 1 aliphatic rings. The van der Waals surface area contributed by atoms with Crippen LogP contribution in [-0.2, 0) is 12.2 Å². The van der Waals surface area contributed by atoms with Crippen LogP contribution in [0.25, 0.3) is 0 Å². The van der Waals surface area contributed by atoms with Crippen molar-refractivity contribution in [2.24, 2.45) is 0 Å². The van der Waals surface area contributed by atoms with E-state index in [9.17, 15) is 10.1 Å². The Bertz CT molecular complexity index is 888. The number of nitrogens with zero attached hydrogens (tertiary/aromatic N) is 4. The van der Waals surface area contributed by atoms with Crippen molar-refractivity contribution in [3.8, 4) is 0 Å². The van der Waals surface area contributed by atoms with Crippen molar-refractivity contribution in [1.29, 1.82) is 0 Å². The third kappa shape index (κ3) is 3.59. The number of hydrogen-bond acceptors (Lipinski definition) is 6. The van der Waals surface area contributed by atoms with E-state index in [1.807, 2.05) is 12.1 Å². The van der Waals surface area contributed by atoms with Gasteiger partial charge in [-0.1, -0.05) is 36.0 Å². The molecule has 1 saturated carbocycles. The maximum absolute atomic E-state index is 11.2. The summed E-state index contributed by atoms with van der Waals surface area (Å²) in [6.45, 7) is 0. The predicted molar refractivity (Wildman–Crippen MR) is 98.1 cm³/mol. The van der Waals surface area contributed by atoms with Gasteiger partial charge in [0.1, 0.15) is 5.82 Å². The number of thiophene rings is 1. The van der Waals surface area contributed by atoms with E-state index in [1.54, 1.807) is 29.5 Å². The Balaban J connectivity index is 1.55.